The molecule has 2 aliphatic rings. The largest absolute Gasteiger partial charge is 0.493 e. The third-order valence-electron chi connectivity index (χ3n) is 5.75. The maximum atomic E-state index is 13.5. The highest BCUT2D eigenvalue weighted by molar-refractivity contribution is 5.68. The number of nitrogens with zero attached hydrogens (tertiary/aromatic N) is 1. The van der Waals surface area contributed by atoms with Crippen molar-refractivity contribution in [3.05, 3.63) is 89.2 Å². The Hall–Kier alpha value is -3.71. The molecule has 1 N–H and O–H groups in total. The zero-order chi connectivity index (χ0) is 22.2. The van der Waals surface area contributed by atoms with Gasteiger partial charge in [0, 0.05) is 11.1 Å². The molecule has 0 bridgehead atoms. The second-order valence-corrected chi connectivity index (χ2v) is 7.51. The fourth-order valence-electron chi connectivity index (χ4n) is 4.17. The normalized spacial score (nSPS) is 19.2. The predicted molar refractivity (Wildman–Crippen MR) is 118 cm³/mol. The number of benzene rings is 3. The lowest BCUT2D eigenvalue weighted by Gasteiger charge is -2.39. The number of para-hydroxylation sites is 1. The van der Waals surface area contributed by atoms with Gasteiger partial charge < -0.3 is 24.4 Å². The number of nitrogens with one attached hydrogen (secondary N) is 1. The summed E-state index contributed by atoms with van der Waals surface area (Å²) < 4.78 is 36.4. The van der Waals surface area contributed by atoms with Crippen LogP contribution in [-0.2, 0) is 0 Å². The lowest BCUT2D eigenvalue weighted by molar-refractivity contribution is -0.0344. The fraction of sp³-hybridized carbons (Fsp3) is 0.200. The van der Waals surface area contributed by atoms with Crippen LogP contribution in [0.3, 0.4) is 0 Å². The molecule has 2 aliphatic heterocycles. The van der Waals surface area contributed by atoms with Crippen LogP contribution in [0, 0.1) is 5.82 Å². The molecule has 32 heavy (non-hydrogen) atoms. The first-order valence-corrected chi connectivity index (χ1v) is 10.2. The molecule has 0 spiro atoms. The van der Waals surface area contributed by atoms with Crippen molar-refractivity contribution >= 4 is 5.70 Å². The van der Waals surface area contributed by atoms with E-state index in [0.29, 0.717) is 23.0 Å². The smallest absolute Gasteiger partial charge is 0.196 e. The molecule has 2 atom stereocenters. The molecular formula is C25H23FN2O4. The van der Waals surface area contributed by atoms with E-state index in [1.54, 1.807) is 33.5 Å². The minimum atomic E-state index is -0.474. The topological polar surface area (TPSA) is 52.2 Å². The van der Waals surface area contributed by atoms with Gasteiger partial charge in [-0.25, -0.2) is 4.39 Å². The van der Waals surface area contributed by atoms with E-state index in [1.165, 1.54) is 12.1 Å². The standard InChI is InChI=1S/C25H23FN2O4/c1-29-21-12-9-16(13-23(21)31-3)25-28-20(18-5-4-6-22(30-2)24(18)32-25)14-19(27-28)15-7-10-17(26)11-8-15/h4-14,20,25,27H,1-3H3. The Labute approximate surface area is 185 Å². The van der Waals surface area contributed by atoms with Gasteiger partial charge in [0.1, 0.15) is 5.82 Å². The van der Waals surface area contributed by atoms with Crippen LogP contribution in [-0.4, -0.2) is 26.3 Å². The first kappa shape index (κ1) is 20.2. The molecular weight excluding hydrogens is 411 g/mol. The molecule has 0 aromatic heterocycles. The summed E-state index contributed by atoms with van der Waals surface area (Å²) in [5, 5.41) is 2.03. The fourth-order valence-corrected chi connectivity index (χ4v) is 4.17. The summed E-state index contributed by atoms with van der Waals surface area (Å²) in [6, 6.07) is 17.8. The van der Waals surface area contributed by atoms with Gasteiger partial charge in [0.05, 0.1) is 33.1 Å². The molecule has 2 heterocycles. The summed E-state index contributed by atoms with van der Waals surface area (Å²) in [6.45, 7) is 0. The Morgan fingerprint density at radius 2 is 1.62 bits per heavy atom. The Morgan fingerprint density at radius 1 is 0.875 bits per heavy atom. The van der Waals surface area contributed by atoms with Crippen molar-refractivity contribution in [3.63, 3.8) is 0 Å². The number of ether oxygens (including phenoxy) is 4. The van der Waals surface area contributed by atoms with Crippen LogP contribution in [0.25, 0.3) is 5.70 Å². The first-order valence-electron chi connectivity index (χ1n) is 10.2. The van der Waals surface area contributed by atoms with Crippen molar-refractivity contribution in [1.29, 1.82) is 0 Å². The summed E-state index contributed by atoms with van der Waals surface area (Å²) in [6.07, 6.45) is 1.64. The lowest BCUT2D eigenvalue weighted by Crippen LogP contribution is -2.43. The van der Waals surface area contributed by atoms with Crippen LogP contribution in [0.15, 0.2) is 66.7 Å². The number of methoxy groups -OCH3 is 3. The zero-order valence-corrected chi connectivity index (χ0v) is 18.0. The highest BCUT2D eigenvalue weighted by Crippen LogP contribution is 2.50. The number of hydrogen-bond donors (Lipinski definition) is 1. The maximum absolute atomic E-state index is 13.5. The van der Waals surface area contributed by atoms with Crippen LogP contribution in [0.2, 0.25) is 0 Å². The average molecular weight is 434 g/mol. The van der Waals surface area contributed by atoms with Gasteiger partial charge in [0.15, 0.2) is 29.2 Å². The molecule has 0 fully saturated rings. The van der Waals surface area contributed by atoms with E-state index in [9.17, 15) is 4.39 Å². The van der Waals surface area contributed by atoms with E-state index >= 15 is 0 Å². The summed E-state index contributed by atoms with van der Waals surface area (Å²) in [4.78, 5) is 0. The monoisotopic (exact) mass is 434 g/mol. The molecule has 0 aliphatic carbocycles. The van der Waals surface area contributed by atoms with E-state index in [-0.39, 0.29) is 11.9 Å². The van der Waals surface area contributed by atoms with Gasteiger partial charge in [-0.2, -0.15) is 5.01 Å². The second-order valence-electron chi connectivity index (χ2n) is 7.51. The van der Waals surface area contributed by atoms with E-state index in [2.05, 4.69) is 11.5 Å². The van der Waals surface area contributed by atoms with E-state index in [1.807, 2.05) is 41.4 Å². The van der Waals surface area contributed by atoms with Gasteiger partial charge in [-0.15, -0.1) is 0 Å². The Morgan fingerprint density at radius 3 is 2.34 bits per heavy atom. The van der Waals surface area contributed by atoms with Gasteiger partial charge in [0.2, 0.25) is 0 Å². The molecule has 2 unspecified atom stereocenters. The van der Waals surface area contributed by atoms with E-state index < -0.39 is 6.23 Å². The summed E-state index contributed by atoms with van der Waals surface area (Å²) >= 11 is 0. The Balaban J connectivity index is 1.60. The van der Waals surface area contributed by atoms with Gasteiger partial charge in [-0.3, -0.25) is 0 Å². The van der Waals surface area contributed by atoms with Crippen molar-refractivity contribution in [2.24, 2.45) is 0 Å². The van der Waals surface area contributed by atoms with Crippen molar-refractivity contribution in [2.75, 3.05) is 21.3 Å². The Bertz CT molecular complexity index is 1180. The highest BCUT2D eigenvalue weighted by atomic mass is 19.1. The van der Waals surface area contributed by atoms with Crippen molar-refractivity contribution in [2.45, 2.75) is 12.3 Å². The molecule has 7 heteroatoms. The maximum Gasteiger partial charge on any atom is 0.196 e. The van der Waals surface area contributed by atoms with E-state index in [0.717, 1.165) is 22.4 Å². The molecule has 3 aromatic rings. The van der Waals surface area contributed by atoms with Crippen LogP contribution < -0.4 is 24.4 Å². The van der Waals surface area contributed by atoms with Crippen molar-refractivity contribution in [1.82, 2.24) is 10.4 Å². The number of rotatable bonds is 5. The van der Waals surface area contributed by atoms with Gasteiger partial charge >= 0.3 is 0 Å². The summed E-state index contributed by atoms with van der Waals surface area (Å²) in [7, 11) is 4.84. The van der Waals surface area contributed by atoms with Crippen LogP contribution in [0.1, 0.15) is 29.0 Å². The molecule has 3 aromatic carbocycles. The molecule has 5 rings (SSSR count). The van der Waals surface area contributed by atoms with Crippen molar-refractivity contribution in [3.8, 4) is 23.0 Å². The molecule has 6 nitrogen and oxygen atoms in total. The number of hydrogen-bond acceptors (Lipinski definition) is 6. The number of hydrazine groups is 1. The van der Waals surface area contributed by atoms with Crippen LogP contribution in [0.5, 0.6) is 23.0 Å². The Kier molecular flexibility index (Phi) is 5.11. The SMILES string of the molecule is COc1ccc(C2Oc3c(OC)cccc3C3C=C(c4ccc(F)cc4)NN32)cc1OC. The molecule has 0 radical (unpaired) electrons. The highest BCUT2D eigenvalue weighted by Gasteiger charge is 2.41. The van der Waals surface area contributed by atoms with Gasteiger partial charge in [-0.1, -0.05) is 12.1 Å². The second kappa shape index (κ2) is 8.09. The lowest BCUT2D eigenvalue weighted by atomic mass is 10.00. The molecule has 164 valence electrons. The van der Waals surface area contributed by atoms with E-state index in [4.69, 9.17) is 18.9 Å². The third-order valence-corrected chi connectivity index (χ3v) is 5.75. The van der Waals surface area contributed by atoms with Crippen LogP contribution in [0.4, 0.5) is 4.39 Å². The van der Waals surface area contributed by atoms with Crippen molar-refractivity contribution < 1.29 is 23.3 Å². The summed E-state index contributed by atoms with van der Waals surface area (Å²) in [5.74, 6) is 2.33. The molecule has 0 amide bonds. The molecule has 0 saturated heterocycles. The average Bonchev–Trinajstić information content (AvgIpc) is 3.29. The summed E-state index contributed by atoms with van der Waals surface area (Å²) in [5.41, 5.74) is 7.07. The predicted octanol–water partition coefficient (Wildman–Crippen LogP) is 4.85. The first-order chi connectivity index (χ1) is 15.6. The van der Waals surface area contributed by atoms with Crippen LogP contribution >= 0.6 is 0 Å². The number of halogens is 1. The van der Waals surface area contributed by atoms with Gasteiger partial charge in [0.25, 0.3) is 0 Å². The third kappa shape index (κ3) is 3.31. The van der Waals surface area contributed by atoms with Gasteiger partial charge in [-0.05, 0) is 60.2 Å². The number of fused-ring (bicyclic) bond motifs is 3. The quantitative estimate of drug-likeness (QED) is 0.620. The zero-order valence-electron chi connectivity index (χ0n) is 18.0. The minimum absolute atomic E-state index is 0.119. The molecule has 0 saturated carbocycles. The minimum Gasteiger partial charge on any atom is -0.493 e.